The quantitative estimate of drug-likeness (QED) is 0.554. The minimum absolute atomic E-state index is 0.0817. The zero-order valence-electron chi connectivity index (χ0n) is 15.4. The molecule has 0 amide bonds. The normalized spacial score (nSPS) is 30.4. The SMILES string of the molecule is CC(C)(C)c1cccc2cc3c(cc12)C(=O)C1(CC3)CC2C=CC1C2. The van der Waals surface area contributed by atoms with Crippen LogP contribution < -0.4 is 0 Å². The smallest absolute Gasteiger partial charge is 0.169 e. The van der Waals surface area contributed by atoms with Crippen molar-refractivity contribution in [1.29, 1.82) is 0 Å². The van der Waals surface area contributed by atoms with E-state index in [0.29, 0.717) is 17.6 Å². The molecule has 2 aromatic rings. The molecule has 3 atom stereocenters. The summed E-state index contributed by atoms with van der Waals surface area (Å²) in [7, 11) is 0. The third-order valence-corrected chi connectivity index (χ3v) is 6.96. The molecule has 0 aromatic heterocycles. The number of carbonyl (C=O) groups is 1. The van der Waals surface area contributed by atoms with Crippen LogP contribution in [0.4, 0.5) is 0 Å². The Labute approximate surface area is 150 Å². The van der Waals surface area contributed by atoms with Gasteiger partial charge in [-0.3, -0.25) is 4.79 Å². The zero-order valence-corrected chi connectivity index (χ0v) is 15.4. The summed E-state index contributed by atoms with van der Waals surface area (Å²) in [4.78, 5) is 13.6. The number of Topliss-reactive ketones (excluding diaryl/α,β-unsaturated/α-hetero) is 1. The summed E-state index contributed by atoms with van der Waals surface area (Å²) in [5, 5.41) is 2.54. The van der Waals surface area contributed by atoms with Gasteiger partial charge in [0.1, 0.15) is 0 Å². The topological polar surface area (TPSA) is 17.1 Å². The van der Waals surface area contributed by atoms with Crippen LogP contribution >= 0.6 is 0 Å². The van der Waals surface area contributed by atoms with Crippen molar-refractivity contribution in [2.75, 3.05) is 0 Å². The second-order valence-electron chi connectivity index (χ2n) is 9.46. The molecular formula is C24H26O. The highest BCUT2D eigenvalue weighted by Crippen LogP contribution is 2.57. The number of rotatable bonds is 0. The minimum atomic E-state index is -0.100. The third-order valence-electron chi connectivity index (χ3n) is 6.96. The lowest BCUT2D eigenvalue weighted by atomic mass is 9.63. The van der Waals surface area contributed by atoms with Crippen molar-refractivity contribution in [3.05, 3.63) is 59.2 Å². The molecule has 0 heterocycles. The summed E-state index contributed by atoms with van der Waals surface area (Å²) in [6, 6.07) is 11.1. The average molecular weight is 330 g/mol. The van der Waals surface area contributed by atoms with E-state index in [4.69, 9.17) is 0 Å². The molecule has 0 aliphatic heterocycles. The standard InChI is InChI=1S/C24H26O/c1-23(2,3)21-6-4-5-16-12-17-9-10-24(14-15-7-8-18(24)11-15)22(25)20(17)13-19(16)21/h4-8,12-13,15,18H,9-11,14H2,1-3H3. The maximum Gasteiger partial charge on any atom is 0.169 e. The zero-order chi connectivity index (χ0) is 17.4. The van der Waals surface area contributed by atoms with Gasteiger partial charge >= 0.3 is 0 Å². The largest absolute Gasteiger partial charge is 0.294 e. The lowest BCUT2D eigenvalue weighted by Gasteiger charge is -2.38. The molecule has 0 radical (unpaired) electrons. The van der Waals surface area contributed by atoms with Crippen LogP contribution in [-0.2, 0) is 11.8 Å². The maximum absolute atomic E-state index is 13.6. The van der Waals surface area contributed by atoms with Gasteiger partial charge in [-0.25, -0.2) is 0 Å². The van der Waals surface area contributed by atoms with Crippen LogP contribution in [-0.4, -0.2) is 5.78 Å². The van der Waals surface area contributed by atoms with Gasteiger partial charge in [-0.2, -0.15) is 0 Å². The van der Waals surface area contributed by atoms with Gasteiger partial charge in [0.25, 0.3) is 0 Å². The molecule has 0 saturated heterocycles. The molecule has 5 rings (SSSR count). The van der Waals surface area contributed by atoms with E-state index in [-0.39, 0.29) is 10.8 Å². The highest BCUT2D eigenvalue weighted by molar-refractivity contribution is 6.07. The molecule has 1 saturated carbocycles. The minimum Gasteiger partial charge on any atom is -0.294 e. The lowest BCUT2D eigenvalue weighted by molar-refractivity contribution is 0.0703. The van der Waals surface area contributed by atoms with E-state index in [9.17, 15) is 4.79 Å². The Balaban J connectivity index is 1.70. The molecule has 3 aliphatic carbocycles. The van der Waals surface area contributed by atoms with E-state index in [1.807, 2.05) is 0 Å². The van der Waals surface area contributed by atoms with Gasteiger partial charge in [-0.05, 0) is 70.9 Å². The molecule has 1 nitrogen and oxygen atoms in total. The van der Waals surface area contributed by atoms with E-state index < -0.39 is 0 Å². The summed E-state index contributed by atoms with van der Waals surface area (Å²) in [5.41, 5.74) is 3.60. The number of allylic oxidation sites excluding steroid dienone is 2. The van der Waals surface area contributed by atoms with Crippen LogP contribution in [0.3, 0.4) is 0 Å². The number of hydrogen-bond acceptors (Lipinski definition) is 1. The first kappa shape index (κ1) is 15.4. The van der Waals surface area contributed by atoms with Crippen LogP contribution in [0.5, 0.6) is 0 Å². The maximum atomic E-state index is 13.6. The molecule has 1 spiro atoms. The van der Waals surface area contributed by atoms with Crippen molar-refractivity contribution in [2.24, 2.45) is 17.3 Å². The summed E-state index contributed by atoms with van der Waals surface area (Å²) in [5.74, 6) is 1.55. The highest BCUT2D eigenvalue weighted by atomic mass is 16.1. The molecule has 2 aromatic carbocycles. The number of aryl methyl sites for hydroxylation is 1. The van der Waals surface area contributed by atoms with Gasteiger partial charge in [0.15, 0.2) is 5.78 Å². The molecule has 3 unspecified atom stereocenters. The Morgan fingerprint density at radius 3 is 2.64 bits per heavy atom. The fourth-order valence-corrected chi connectivity index (χ4v) is 5.69. The predicted molar refractivity (Wildman–Crippen MR) is 103 cm³/mol. The van der Waals surface area contributed by atoms with Gasteiger partial charge in [0.2, 0.25) is 0 Å². The predicted octanol–water partition coefficient (Wildman–Crippen LogP) is 5.85. The molecule has 2 bridgehead atoms. The Kier molecular flexibility index (Phi) is 2.98. The monoisotopic (exact) mass is 330 g/mol. The molecule has 1 heteroatoms. The summed E-state index contributed by atoms with van der Waals surface area (Å²) < 4.78 is 0. The number of fused-ring (bicyclic) bond motifs is 5. The second kappa shape index (κ2) is 4.84. The van der Waals surface area contributed by atoms with Gasteiger partial charge in [0, 0.05) is 11.0 Å². The van der Waals surface area contributed by atoms with Crippen LogP contribution in [0.1, 0.15) is 61.5 Å². The van der Waals surface area contributed by atoms with Crippen molar-refractivity contribution >= 4 is 16.6 Å². The van der Waals surface area contributed by atoms with Crippen molar-refractivity contribution in [3.8, 4) is 0 Å². The number of ketones is 1. The molecular weight excluding hydrogens is 304 g/mol. The average Bonchev–Trinajstić information content (AvgIpc) is 3.17. The second-order valence-corrected chi connectivity index (χ2v) is 9.46. The van der Waals surface area contributed by atoms with Crippen molar-refractivity contribution in [1.82, 2.24) is 0 Å². The van der Waals surface area contributed by atoms with E-state index in [2.05, 4.69) is 63.3 Å². The molecule has 0 N–H and O–H groups in total. The summed E-state index contributed by atoms with van der Waals surface area (Å²) in [6.07, 6.45) is 9.03. The fourth-order valence-electron chi connectivity index (χ4n) is 5.69. The van der Waals surface area contributed by atoms with Crippen molar-refractivity contribution in [3.63, 3.8) is 0 Å². The third kappa shape index (κ3) is 2.05. The van der Waals surface area contributed by atoms with Gasteiger partial charge in [-0.15, -0.1) is 0 Å². The summed E-state index contributed by atoms with van der Waals surface area (Å²) in [6.45, 7) is 6.77. The molecule has 25 heavy (non-hydrogen) atoms. The fraction of sp³-hybridized carbons (Fsp3) is 0.458. The van der Waals surface area contributed by atoms with E-state index >= 15 is 0 Å². The van der Waals surface area contributed by atoms with Crippen LogP contribution in [0.25, 0.3) is 10.8 Å². The Morgan fingerprint density at radius 1 is 1.12 bits per heavy atom. The molecule has 128 valence electrons. The first-order valence-corrected chi connectivity index (χ1v) is 9.68. The van der Waals surface area contributed by atoms with Gasteiger partial charge in [0.05, 0.1) is 0 Å². The summed E-state index contributed by atoms with van der Waals surface area (Å²) >= 11 is 0. The van der Waals surface area contributed by atoms with Crippen LogP contribution in [0.15, 0.2) is 42.5 Å². The van der Waals surface area contributed by atoms with Gasteiger partial charge in [-0.1, -0.05) is 57.2 Å². The number of benzene rings is 2. The molecule has 3 aliphatic rings. The first-order chi connectivity index (χ1) is 11.9. The van der Waals surface area contributed by atoms with Crippen molar-refractivity contribution < 1.29 is 4.79 Å². The van der Waals surface area contributed by atoms with Crippen LogP contribution in [0.2, 0.25) is 0 Å². The Morgan fingerprint density at radius 2 is 1.96 bits per heavy atom. The van der Waals surface area contributed by atoms with Crippen LogP contribution in [0, 0.1) is 17.3 Å². The van der Waals surface area contributed by atoms with E-state index in [1.165, 1.54) is 28.3 Å². The number of carbonyl (C=O) groups excluding carboxylic acids is 1. The Hall–Kier alpha value is -1.89. The number of hydrogen-bond donors (Lipinski definition) is 0. The van der Waals surface area contributed by atoms with Crippen molar-refractivity contribution in [2.45, 2.75) is 51.9 Å². The lowest BCUT2D eigenvalue weighted by Crippen LogP contribution is -2.39. The first-order valence-electron chi connectivity index (χ1n) is 9.68. The Bertz CT molecular complexity index is 927. The highest BCUT2D eigenvalue weighted by Gasteiger charge is 2.54. The van der Waals surface area contributed by atoms with Gasteiger partial charge < -0.3 is 0 Å². The van der Waals surface area contributed by atoms with E-state index in [0.717, 1.165) is 24.8 Å². The molecule has 1 fully saturated rings. The van der Waals surface area contributed by atoms with E-state index in [1.54, 1.807) is 0 Å².